The van der Waals surface area contributed by atoms with Crippen molar-refractivity contribution in [1.29, 1.82) is 0 Å². The van der Waals surface area contributed by atoms with Gasteiger partial charge < -0.3 is 14.5 Å². The van der Waals surface area contributed by atoms with Gasteiger partial charge in [0.05, 0.1) is 13.2 Å². The van der Waals surface area contributed by atoms with E-state index in [2.05, 4.69) is 9.82 Å². The summed E-state index contributed by atoms with van der Waals surface area (Å²) >= 11 is 6.07. The third-order valence-electron chi connectivity index (χ3n) is 5.51. The van der Waals surface area contributed by atoms with Crippen LogP contribution < -0.4 is 15.5 Å². The predicted molar refractivity (Wildman–Crippen MR) is 135 cm³/mol. The summed E-state index contributed by atoms with van der Waals surface area (Å²) in [5, 5.41) is 0.604. The van der Waals surface area contributed by atoms with Crippen molar-refractivity contribution in [2.75, 3.05) is 31.6 Å². The van der Waals surface area contributed by atoms with Crippen LogP contribution in [0.1, 0.15) is 35.0 Å². The molecule has 0 aliphatic rings. The second-order valence-corrected chi connectivity index (χ2v) is 8.43. The average molecular weight is 500 g/mol. The lowest BCUT2D eigenvalue weighted by Gasteiger charge is -2.21. The molecule has 1 heterocycles. The Labute approximate surface area is 210 Å². The Morgan fingerprint density at radius 3 is 2.54 bits per heavy atom. The van der Waals surface area contributed by atoms with Crippen molar-refractivity contribution < 1.29 is 19.2 Å². The fourth-order valence-electron chi connectivity index (χ4n) is 3.54. The van der Waals surface area contributed by atoms with E-state index in [1.807, 2.05) is 50.2 Å². The molecule has 10 heteroatoms. The molecule has 9 nitrogen and oxygen atoms in total. The van der Waals surface area contributed by atoms with Crippen LogP contribution in [0.2, 0.25) is 5.02 Å². The van der Waals surface area contributed by atoms with Gasteiger partial charge in [-0.2, -0.15) is 4.98 Å². The highest BCUT2D eigenvalue weighted by Crippen LogP contribution is 2.32. The number of benzene rings is 2. The van der Waals surface area contributed by atoms with E-state index in [1.165, 1.54) is 4.90 Å². The molecule has 0 fully saturated rings. The van der Waals surface area contributed by atoms with Crippen molar-refractivity contribution in [3.8, 4) is 11.8 Å². The topological polar surface area (TPSA) is 103 Å². The Hall–Kier alpha value is -3.40. The number of aromatic nitrogens is 2. The first-order valence-corrected chi connectivity index (χ1v) is 11.6. The molecule has 0 aliphatic carbocycles. The summed E-state index contributed by atoms with van der Waals surface area (Å²) < 4.78 is 7.89. The van der Waals surface area contributed by atoms with Gasteiger partial charge >= 0.3 is 6.01 Å². The number of ether oxygens (including phenoxy) is 1. The Kier molecular flexibility index (Phi) is 9.25. The van der Waals surface area contributed by atoms with Crippen LogP contribution in [0.4, 0.5) is 5.82 Å². The number of nitrogens with two attached hydrogens (primary N) is 1. The number of carbonyl (C=O) groups is 2. The summed E-state index contributed by atoms with van der Waals surface area (Å²) in [7, 11) is 1.68. The molecule has 1 aromatic heterocycles. The van der Waals surface area contributed by atoms with Gasteiger partial charge in [0, 0.05) is 25.2 Å². The second kappa shape index (κ2) is 12.3. The van der Waals surface area contributed by atoms with E-state index in [4.69, 9.17) is 22.2 Å². The molecule has 0 bridgehead atoms. The van der Waals surface area contributed by atoms with Crippen LogP contribution in [0.5, 0.6) is 11.8 Å². The fraction of sp³-hybridized carbons (Fsp3) is 0.320. The van der Waals surface area contributed by atoms with E-state index in [0.717, 1.165) is 11.1 Å². The molecule has 0 saturated carbocycles. The van der Waals surface area contributed by atoms with E-state index in [0.29, 0.717) is 43.3 Å². The Balaban J connectivity index is 2.14. The molecule has 3 aromatic rings. The van der Waals surface area contributed by atoms with Crippen LogP contribution >= 0.6 is 11.6 Å². The molecule has 0 unspecified atom stereocenters. The van der Waals surface area contributed by atoms with Crippen LogP contribution in [-0.4, -0.2) is 53.5 Å². The van der Waals surface area contributed by atoms with E-state index >= 15 is 0 Å². The number of hydrogen-bond acceptors (Lipinski definition) is 6. The van der Waals surface area contributed by atoms with Gasteiger partial charge in [0.1, 0.15) is 5.75 Å². The smallest absolute Gasteiger partial charge is 0.304 e. The minimum Gasteiger partial charge on any atom is -0.425 e. The van der Waals surface area contributed by atoms with Gasteiger partial charge in [-0.3, -0.25) is 19.1 Å². The second-order valence-electron chi connectivity index (χ2n) is 7.99. The summed E-state index contributed by atoms with van der Waals surface area (Å²) in [6.45, 7) is 5.06. The van der Waals surface area contributed by atoms with Crippen LogP contribution in [0, 0.1) is 6.92 Å². The van der Waals surface area contributed by atoms with E-state index in [9.17, 15) is 9.59 Å². The zero-order valence-electron chi connectivity index (χ0n) is 20.1. The normalized spacial score (nSPS) is 10.8. The van der Waals surface area contributed by atoms with Gasteiger partial charge in [-0.15, -0.1) is 0 Å². The summed E-state index contributed by atoms with van der Waals surface area (Å²) in [5.41, 5.74) is 2.04. The first-order chi connectivity index (χ1) is 16.9. The number of anilines is 1. The van der Waals surface area contributed by atoms with Crippen molar-refractivity contribution >= 4 is 29.7 Å². The molecule has 0 atom stereocenters. The first-order valence-electron chi connectivity index (χ1n) is 11.3. The third kappa shape index (κ3) is 6.39. The molecular weight excluding hydrogens is 470 g/mol. The average Bonchev–Trinajstić information content (AvgIpc) is 3.19. The number of carbonyl (C=O) groups excluding carboxylic acids is 2. The Morgan fingerprint density at radius 2 is 1.91 bits per heavy atom. The molecule has 2 N–H and O–H groups in total. The molecule has 2 aromatic carbocycles. The number of hydrogen-bond donors (Lipinski definition) is 1. The van der Waals surface area contributed by atoms with Gasteiger partial charge in [0.15, 0.2) is 11.5 Å². The number of rotatable bonds is 12. The van der Waals surface area contributed by atoms with Crippen LogP contribution in [0.15, 0.2) is 48.5 Å². The molecule has 0 aliphatic heterocycles. The highest BCUT2D eigenvalue weighted by atomic mass is 35.5. The van der Waals surface area contributed by atoms with Crippen molar-refractivity contribution in [2.45, 2.75) is 26.8 Å². The Morgan fingerprint density at radius 1 is 1.20 bits per heavy atom. The maximum absolute atomic E-state index is 13.7. The number of para-hydroxylation sites is 1. The van der Waals surface area contributed by atoms with Crippen LogP contribution in [0.3, 0.4) is 0 Å². The molecule has 35 heavy (non-hydrogen) atoms. The number of nitrogens with zero attached hydrogens (tertiary/aromatic N) is 4. The molecule has 3 rings (SSSR count). The largest absolute Gasteiger partial charge is 0.425 e. The van der Waals surface area contributed by atoms with Gasteiger partial charge in [-0.1, -0.05) is 41.9 Å². The van der Waals surface area contributed by atoms with Gasteiger partial charge in [-0.05, 0) is 49.6 Å². The molecule has 0 saturated heterocycles. The van der Waals surface area contributed by atoms with E-state index in [1.54, 1.807) is 28.6 Å². The zero-order valence-corrected chi connectivity index (χ0v) is 20.9. The monoisotopic (exact) mass is 499 g/mol. The first kappa shape index (κ1) is 26.2. The van der Waals surface area contributed by atoms with Crippen molar-refractivity contribution in [3.05, 3.63) is 70.4 Å². The maximum Gasteiger partial charge on any atom is 0.304 e. The minimum atomic E-state index is -0.307. The number of imidazole rings is 1. The third-order valence-corrected chi connectivity index (χ3v) is 5.76. The van der Waals surface area contributed by atoms with Crippen molar-refractivity contribution in [2.24, 2.45) is 5.90 Å². The van der Waals surface area contributed by atoms with Crippen LogP contribution in [-0.2, 0) is 16.2 Å². The Bertz CT molecular complexity index is 1150. The van der Waals surface area contributed by atoms with E-state index < -0.39 is 0 Å². The highest BCUT2D eigenvalue weighted by Gasteiger charge is 2.30. The fourth-order valence-corrected chi connectivity index (χ4v) is 3.67. The summed E-state index contributed by atoms with van der Waals surface area (Å²) in [5.74, 6) is 5.64. The van der Waals surface area contributed by atoms with Crippen molar-refractivity contribution in [3.63, 3.8) is 0 Å². The van der Waals surface area contributed by atoms with Gasteiger partial charge in [0.25, 0.3) is 5.91 Å². The van der Waals surface area contributed by atoms with Crippen molar-refractivity contribution in [1.82, 2.24) is 14.5 Å². The lowest BCUT2D eigenvalue weighted by Crippen LogP contribution is -2.33. The lowest BCUT2D eigenvalue weighted by atomic mass is 10.2. The minimum absolute atomic E-state index is 0.201. The summed E-state index contributed by atoms with van der Waals surface area (Å²) in [6.07, 6.45) is 1.21. The standard InChI is InChI=1S/C25H30ClN5O4/c1-4-30(17-32)23-22(24(33)29(3)14-7-15-34-27)31(16-19-10-12-20(26)13-11-19)25(28-23)35-21-9-6-5-8-18(21)2/h5-6,8-13,17H,4,7,14-16,27H2,1-3H3. The maximum atomic E-state index is 13.7. The molecule has 0 spiro atoms. The predicted octanol–water partition coefficient (Wildman–Crippen LogP) is 4.02. The molecule has 2 amide bonds. The SMILES string of the molecule is CCN(C=O)c1nc(Oc2ccccc2C)n(Cc2ccc(Cl)cc2)c1C(=O)N(C)CCCON. The van der Waals surface area contributed by atoms with Gasteiger partial charge in [0.2, 0.25) is 6.41 Å². The van der Waals surface area contributed by atoms with Gasteiger partial charge in [-0.25, -0.2) is 5.90 Å². The van der Waals surface area contributed by atoms with Crippen LogP contribution in [0.25, 0.3) is 0 Å². The highest BCUT2D eigenvalue weighted by molar-refractivity contribution is 6.30. The summed E-state index contributed by atoms with van der Waals surface area (Å²) in [4.78, 5) is 37.7. The zero-order chi connectivity index (χ0) is 25.4. The lowest BCUT2D eigenvalue weighted by molar-refractivity contribution is -0.107. The van der Waals surface area contributed by atoms with E-state index in [-0.39, 0.29) is 30.0 Å². The number of halogens is 1. The molecule has 0 radical (unpaired) electrons. The molecule has 186 valence electrons. The number of amides is 2. The summed E-state index contributed by atoms with van der Waals surface area (Å²) in [6, 6.07) is 15.0. The molecular formula is C25H30ClN5O4. The quantitative estimate of drug-likeness (QED) is 0.229. The number of aryl methyl sites for hydroxylation is 1.